The van der Waals surface area contributed by atoms with E-state index in [1.165, 1.54) is 4.90 Å². The fraction of sp³-hybridized carbons (Fsp3) is 0.650. The van der Waals surface area contributed by atoms with Gasteiger partial charge < -0.3 is 15.5 Å². The van der Waals surface area contributed by atoms with Gasteiger partial charge in [0.05, 0.1) is 11.1 Å². The van der Waals surface area contributed by atoms with E-state index >= 15 is 0 Å². The Balaban J connectivity index is 1.54. The van der Waals surface area contributed by atoms with Crippen molar-refractivity contribution in [3.05, 3.63) is 35.1 Å². The number of amides is 1. The summed E-state index contributed by atoms with van der Waals surface area (Å²) >= 11 is 0. The van der Waals surface area contributed by atoms with Gasteiger partial charge in [-0.05, 0) is 75.4 Å². The maximum absolute atomic E-state index is 14.0. The lowest BCUT2D eigenvalue weighted by atomic mass is 9.92. The van der Waals surface area contributed by atoms with Crippen LogP contribution < -0.4 is 5.73 Å². The van der Waals surface area contributed by atoms with E-state index in [1.54, 1.807) is 0 Å². The van der Waals surface area contributed by atoms with E-state index in [2.05, 4.69) is 4.90 Å². The lowest BCUT2D eigenvalue weighted by molar-refractivity contribution is -0.137. The van der Waals surface area contributed by atoms with Crippen molar-refractivity contribution in [3.8, 4) is 0 Å². The first-order valence-corrected chi connectivity index (χ1v) is 9.86. The number of hydrogen-bond donors (Lipinski definition) is 1. The topological polar surface area (TPSA) is 49.6 Å². The van der Waals surface area contributed by atoms with E-state index < -0.39 is 29.0 Å². The zero-order valence-electron chi connectivity index (χ0n) is 15.8. The Kier molecular flexibility index (Phi) is 6.60. The predicted octanol–water partition coefficient (Wildman–Crippen LogP) is 3.37. The third kappa shape index (κ3) is 5.03. The highest BCUT2D eigenvalue weighted by atomic mass is 19.4. The Labute approximate surface area is 162 Å². The molecule has 2 heterocycles. The van der Waals surface area contributed by atoms with Crippen LogP contribution in [0.5, 0.6) is 0 Å². The molecular weight excluding hydrogens is 374 g/mol. The van der Waals surface area contributed by atoms with Gasteiger partial charge in [0.2, 0.25) is 0 Å². The number of nitrogens with two attached hydrogens (primary N) is 1. The molecule has 2 fully saturated rings. The van der Waals surface area contributed by atoms with Gasteiger partial charge >= 0.3 is 6.18 Å². The third-order valence-corrected chi connectivity index (χ3v) is 5.98. The molecule has 1 aromatic carbocycles. The van der Waals surface area contributed by atoms with Gasteiger partial charge in [0.25, 0.3) is 5.91 Å². The molecule has 8 heteroatoms. The van der Waals surface area contributed by atoms with E-state index in [1.807, 2.05) is 0 Å². The molecule has 3 rings (SSSR count). The van der Waals surface area contributed by atoms with Crippen LogP contribution in [0.3, 0.4) is 0 Å². The van der Waals surface area contributed by atoms with Crippen molar-refractivity contribution in [2.75, 3.05) is 39.3 Å². The Bertz CT molecular complexity index is 679. The fourth-order valence-electron chi connectivity index (χ4n) is 4.12. The molecule has 0 aromatic heterocycles. The van der Waals surface area contributed by atoms with Gasteiger partial charge in [0.1, 0.15) is 5.82 Å². The normalized spacial score (nSPS) is 20.5. The molecule has 1 amide bonds. The first kappa shape index (κ1) is 21.0. The van der Waals surface area contributed by atoms with Crippen molar-refractivity contribution >= 4 is 5.91 Å². The van der Waals surface area contributed by atoms with E-state index in [0.717, 1.165) is 51.9 Å². The number of carbonyl (C=O) groups excluding carboxylic acids is 1. The summed E-state index contributed by atoms with van der Waals surface area (Å²) < 4.78 is 52.6. The van der Waals surface area contributed by atoms with Crippen LogP contribution >= 0.6 is 0 Å². The number of rotatable bonds is 4. The highest BCUT2D eigenvalue weighted by molar-refractivity contribution is 5.94. The molecule has 2 saturated heterocycles. The molecule has 4 nitrogen and oxygen atoms in total. The smallest absolute Gasteiger partial charge is 0.339 e. The Morgan fingerprint density at radius 1 is 1.04 bits per heavy atom. The number of halogens is 4. The van der Waals surface area contributed by atoms with Gasteiger partial charge in [-0.25, -0.2) is 4.39 Å². The third-order valence-electron chi connectivity index (χ3n) is 5.98. The number of carbonyl (C=O) groups is 1. The van der Waals surface area contributed by atoms with Gasteiger partial charge in [0.15, 0.2) is 0 Å². The molecule has 0 saturated carbocycles. The number of alkyl halides is 3. The second-order valence-corrected chi connectivity index (χ2v) is 7.91. The summed E-state index contributed by atoms with van der Waals surface area (Å²) in [4.78, 5) is 16.5. The Hall–Kier alpha value is -1.67. The van der Waals surface area contributed by atoms with Crippen molar-refractivity contribution in [1.29, 1.82) is 0 Å². The molecule has 0 spiro atoms. The number of benzene rings is 1. The molecular formula is C20H27F4N3O. The minimum atomic E-state index is -4.60. The van der Waals surface area contributed by atoms with Gasteiger partial charge in [0, 0.05) is 19.6 Å². The number of piperidine rings is 2. The van der Waals surface area contributed by atoms with Crippen molar-refractivity contribution in [2.24, 2.45) is 17.6 Å². The van der Waals surface area contributed by atoms with E-state index in [-0.39, 0.29) is 0 Å². The Morgan fingerprint density at radius 2 is 1.64 bits per heavy atom. The predicted molar refractivity (Wildman–Crippen MR) is 98.2 cm³/mol. The van der Waals surface area contributed by atoms with E-state index in [0.29, 0.717) is 43.1 Å². The highest BCUT2D eigenvalue weighted by Crippen LogP contribution is 2.31. The molecule has 0 aliphatic carbocycles. The van der Waals surface area contributed by atoms with Gasteiger partial charge in [-0.15, -0.1) is 0 Å². The van der Waals surface area contributed by atoms with Crippen molar-refractivity contribution in [3.63, 3.8) is 0 Å². The summed E-state index contributed by atoms with van der Waals surface area (Å²) in [6.45, 7) is 4.67. The first-order chi connectivity index (χ1) is 13.3. The summed E-state index contributed by atoms with van der Waals surface area (Å²) in [6, 6.07) is 1.99. The lowest BCUT2D eigenvalue weighted by Crippen LogP contribution is -2.44. The quantitative estimate of drug-likeness (QED) is 0.787. The second kappa shape index (κ2) is 8.78. The SMILES string of the molecule is NCC1CCN(CC2CCN(C(=O)c3cc(C(F)(F)F)ccc3F)CC2)CC1. The molecule has 156 valence electrons. The largest absolute Gasteiger partial charge is 0.416 e. The van der Waals surface area contributed by atoms with E-state index in [9.17, 15) is 22.4 Å². The van der Waals surface area contributed by atoms with Crippen LogP contribution in [-0.2, 0) is 6.18 Å². The molecule has 2 N–H and O–H groups in total. The molecule has 0 bridgehead atoms. The van der Waals surface area contributed by atoms with Crippen LogP contribution in [-0.4, -0.2) is 55.0 Å². The van der Waals surface area contributed by atoms with Crippen molar-refractivity contribution in [2.45, 2.75) is 31.9 Å². The van der Waals surface area contributed by atoms with Crippen LogP contribution in [0.1, 0.15) is 41.6 Å². The zero-order chi connectivity index (χ0) is 20.3. The maximum Gasteiger partial charge on any atom is 0.416 e. The van der Waals surface area contributed by atoms with Crippen LogP contribution in [0.4, 0.5) is 17.6 Å². The van der Waals surface area contributed by atoms with Crippen LogP contribution in [0.15, 0.2) is 18.2 Å². The number of nitrogens with zero attached hydrogens (tertiary/aromatic N) is 2. The maximum atomic E-state index is 14.0. The summed E-state index contributed by atoms with van der Waals surface area (Å²) in [5.41, 5.74) is 4.21. The number of hydrogen-bond acceptors (Lipinski definition) is 3. The molecule has 0 radical (unpaired) electrons. The summed E-state index contributed by atoms with van der Waals surface area (Å²) in [5, 5.41) is 0. The zero-order valence-corrected chi connectivity index (χ0v) is 15.8. The Morgan fingerprint density at radius 3 is 2.21 bits per heavy atom. The lowest BCUT2D eigenvalue weighted by Gasteiger charge is -2.37. The highest BCUT2D eigenvalue weighted by Gasteiger charge is 2.33. The molecule has 1 aromatic rings. The fourth-order valence-corrected chi connectivity index (χ4v) is 4.12. The standard InChI is InChI=1S/C20H27F4N3O/c21-18-2-1-16(20(22,23)24)11-17(18)19(28)27-9-5-15(6-10-27)13-26-7-3-14(12-25)4-8-26/h1-2,11,14-15H,3-10,12-13,25H2. The minimum absolute atomic E-state index is 0.443. The van der Waals surface area contributed by atoms with Gasteiger partial charge in [-0.2, -0.15) is 13.2 Å². The van der Waals surface area contributed by atoms with Crippen LogP contribution in [0.2, 0.25) is 0 Å². The van der Waals surface area contributed by atoms with Crippen molar-refractivity contribution < 1.29 is 22.4 Å². The van der Waals surface area contributed by atoms with E-state index in [4.69, 9.17) is 5.73 Å². The van der Waals surface area contributed by atoms with Gasteiger partial charge in [-0.1, -0.05) is 0 Å². The van der Waals surface area contributed by atoms with Crippen LogP contribution in [0, 0.1) is 17.7 Å². The number of likely N-dealkylation sites (tertiary alicyclic amines) is 2. The first-order valence-electron chi connectivity index (χ1n) is 9.86. The molecule has 0 atom stereocenters. The molecule has 2 aliphatic rings. The van der Waals surface area contributed by atoms with Gasteiger partial charge in [-0.3, -0.25) is 4.79 Å². The monoisotopic (exact) mass is 401 g/mol. The van der Waals surface area contributed by atoms with Crippen molar-refractivity contribution in [1.82, 2.24) is 9.80 Å². The summed E-state index contributed by atoms with van der Waals surface area (Å²) in [6.07, 6.45) is -0.815. The summed E-state index contributed by atoms with van der Waals surface area (Å²) in [7, 11) is 0. The average molecular weight is 401 g/mol. The van der Waals surface area contributed by atoms with Crippen LogP contribution in [0.25, 0.3) is 0 Å². The molecule has 0 unspecified atom stereocenters. The summed E-state index contributed by atoms with van der Waals surface area (Å²) in [5.74, 6) is -0.517. The molecule has 2 aliphatic heterocycles. The average Bonchev–Trinajstić information content (AvgIpc) is 2.68. The minimum Gasteiger partial charge on any atom is -0.339 e. The second-order valence-electron chi connectivity index (χ2n) is 7.91. The molecule has 28 heavy (non-hydrogen) atoms.